The van der Waals surface area contributed by atoms with Crippen molar-refractivity contribution < 1.29 is 9.84 Å². The van der Waals surface area contributed by atoms with Gasteiger partial charge >= 0.3 is 0 Å². The Hall–Kier alpha value is -1.22. The number of rotatable bonds is 2. The quantitative estimate of drug-likeness (QED) is 0.806. The number of phenolic OH excluding ortho intramolecular Hbond substituents is 1. The molecule has 0 saturated carbocycles. The smallest absolute Gasteiger partial charge is 0.127 e. The van der Waals surface area contributed by atoms with Crippen molar-refractivity contribution >= 4 is 0 Å². The molecule has 3 heteroatoms. The second-order valence-corrected chi connectivity index (χ2v) is 5.53. The van der Waals surface area contributed by atoms with Crippen molar-refractivity contribution in [2.75, 3.05) is 13.2 Å². The summed E-state index contributed by atoms with van der Waals surface area (Å²) in [5.74, 6) is 1.06. The molecule has 0 aromatic heterocycles. The molecule has 1 atom stereocenters. The third-order valence-corrected chi connectivity index (χ3v) is 2.66. The Morgan fingerprint density at radius 1 is 1.44 bits per heavy atom. The van der Waals surface area contributed by atoms with E-state index in [0.29, 0.717) is 6.61 Å². The number of phenols is 1. The first-order valence-electron chi connectivity index (χ1n) is 5.65. The highest BCUT2D eigenvalue weighted by Crippen LogP contribution is 2.35. The first kappa shape index (κ1) is 11.3. The second kappa shape index (κ2) is 3.98. The van der Waals surface area contributed by atoms with Gasteiger partial charge in [0.1, 0.15) is 18.1 Å². The molecular weight excluding hydrogens is 202 g/mol. The molecule has 1 unspecified atom stereocenters. The van der Waals surface area contributed by atoms with E-state index in [-0.39, 0.29) is 17.2 Å². The highest BCUT2D eigenvalue weighted by atomic mass is 16.5. The lowest BCUT2D eigenvalue weighted by Crippen LogP contribution is -2.31. The molecule has 0 radical (unpaired) electrons. The number of ether oxygens (including phenoxy) is 1. The minimum Gasteiger partial charge on any atom is -0.508 e. The van der Waals surface area contributed by atoms with Gasteiger partial charge in [-0.15, -0.1) is 0 Å². The average molecular weight is 221 g/mol. The normalized spacial score (nSPS) is 19.3. The standard InChI is InChI=1S/C13H19NO2/c1-13(2,3)8-14-11-7-16-12-6-9(15)4-5-10(11)12/h4-6,11,14-15H,7-8H2,1-3H3. The van der Waals surface area contributed by atoms with Crippen LogP contribution in [-0.4, -0.2) is 18.3 Å². The molecule has 0 amide bonds. The van der Waals surface area contributed by atoms with Crippen LogP contribution in [0.25, 0.3) is 0 Å². The molecule has 2 N–H and O–H groups in total. The van der Waals surface area contributed by atoms with Crippen LogP contribution in [0.1, 0.15) is 32.4 Å². The van der Waals surface area contributed by atoms with Gasteiger partial charge in [0.05, 0.1) is 6.04 Å². The van der Waals surface area contributed by atoms with Crippen molar-refractivity contribution in [3.05, 3.63) is 23.8 Å². The summed E-state index contributed by atoms with van der Waals surface area (Å²) in [6, 6.07) is 5.56. The van der Waals surface area contributed by atoms with Crippen molar-refractivity contribution in [3.63, 3.8) is 0 Å². The van der Waals surface area contributed by atoms with Crippen molar-refractivity contribution in [2.24, 2.45) is 5.41 Å². The summed E-state index contributed by atoms with van der Waals surface area (Å²) >= 11 is 0. The third-order valence-electron chi connectivity index (χ3n) is 2.66. The summed E-state index contributed by atoms with van der Waals surface area (Å²) in [7, 11) is 0. The highest BCUT2D eigenvalue weighted by molar-refractivity contribution is 5.44. The van der Waals surface area contributed by atoms with Crippen molar-refractivity contribution in [2.45, 2.75) is 26.8 Å². The van der Waals surface area contributed by atoms with Crippen LogP contribution in [0.4, 0.5) is 0 Å². The molecule has 1 heterocycles. The maximum Gasteiger partial charge on any atom is 0.127 e. The van der Waals surface area contributed by atoms with E-state index in [1.807, 2.05) is 6.07 Å². The molecule has 0 bridgehead atoms. The van der Waals surface area contributed by atoms with Crippen LogP contribution in [0.5, 0.6) is 11.5 Å². The molecular formula is C13H19NO2. The fraction of sp³-hybridized carbons (Fsp3) is 0.538. The number of nitrogens with one attached hydrogen (secondary N) is 1. The Labute approximate surface area is 96.4 Å². The van der Waals surface area contributed by atoms with Gasteiger partial charge in [-0.3, -0.25) is 0 Å². The molecule has 1 aromatic carbocycles. The van der Waals surface area contributed by atoms with E-state index >= 15 is 0 Å². The Balaban J connectivity index is 2.06. The zero-order chi connectivity index (χ0) is 11.8. The Kier molecular flexibility index (Phi) is 2.80. The van der Waals surface area contributed by atoms with Gasteiger partial charge in [0.2, 0.25) is 0 Å². The van der Waals surface area contributed by atoms with E-state index in [1.54, 1.807) is 12.1 Å². The zero-order valence-corrected chi connectivity index (χ0v) is 10.1. The minimum absolute atomic E-state index is 0.245. The van der Waals surface area contributed by atoms with E-state index in [9.17, 15) is 5.11 Å². The maximum absolute atomic E-state index is 9.34. The number of aromatic hydroxyl groups is 1. The SMILES string of the molecule is CC(C)(C)CNC1COc2cc(O)ccc21. The van der Waals surface area contributed by atoms with Crippen molar-refractivity contribution in [1.29, 1.82) is 0 Å². The van der Waals surface area contributed by atoms with Gasteiger partial charge in [-0.1, -0.05) is 20.8 Å². The molecule has 0 fully saturated rings. The monoisotopic (exact) mass is 221 g/mol. The van der Waals surface area contributed by atoms with Crippen LogP contribution in [-0.2, 0) is 0 Å². The topological polar surface area (TPSA) is 41.5 Å². The molecule has 16 heavy (non-hydrogen) atoms. The molecule has 0 aliphatic carbocycles. The molecule has 0 spiro atoms. The molecule has 1 aliphatic heterocycles. The Bertz CT molecular complexity index is 382. The van der Waals surface area contributed by atoms with Crippen LogP contribution in [0, 0.1) is 5.41 Å². The second-order valence-electron chi connectivity index (χ2n) is 5.53. The molecule has 88 valence electrons. The lowest BCUT2D eigenvalue weighted by Gasteiger charge is -2.21. The van der Waals surface area contributed by atoms with Crippen molar-refractivity contribution in [1.82, 2.24) is 5.32 Å². The van der Waals surface area contributed by atoms with Crippen LogP contribution >= 0.6 is 0 Å². The molecule has 2 rings (SSSR count). The van der Waals surface area contributed by atoms with E-state index in [4.69, 9.17) is 4.74 Å². The molecule has 1 aromatic rings. The fourth-order valence-corrected chi connectivity index (χ4v) is 1.80. The molecule has 3 nitrogen and oxygen atoms in total. The van der Waals surface area contributed by atoms with E-state index in [0.717, 1.165) is 17.9 Å². The number of fused-ring (bicyclic) bond motifs is 1. The lowest BCUT2D eigenvalue weighted by atomic mass is 9.96. The summed E-state index contributed by atoms with van der Waals surface area (Å²) in [4.78, 5) is 0. The largest absolute Gasteiger partial charge is 0.508 e. The van der Waals surface area contributed by atoms with Crippen LogP contribution in [0.3, 0.4) is 0 Å². The maximum atomic E-state index is 9.34. The van der Waals surface area contributed by atoms with Gasteiger partial charge in [-0.25, -0.2) is 0 Å². The van der Waals surface area contributed by atoms with E-state index in [2.05, 4.69) is 26.1 Å². The predicted octanol–water partition coefficient (Wildman–Crippen LogP) is 2.46. The van der Waals surface area contributed by atoms with Gasteiger partial charge in [0, 0.05) is 18.2 Å². The first-order chi connectivity index (χ1) is 7.46. The summed E-state index contributed by atoms with van der Waals surface area (Å²) in [6.07, 6.45) is 0. The van der Waals surface area contributed by atoms with Crippen LogP contribution < -0.4 is 10.1 Å². The average Bonchev–Trinajstić information content (AvgIpc) is 2.56. The first-order valence-corrected chi connectivity index (χ1v) is 5.65. The van der Waals surface area contributed by atoms with Crippen LogP contribution in [0.15, 0.2) is 18.2 Å². The lowest BCUT2D eigenvalue weighted by molar-refractivity contribution is 0.286. The zero-order valence-electron chi connectivity index (χ0n) is 10.1. The Morgan fingerprint density at radius 3 is 2.88 bits per heavy atom. The summed E-state index contributed by atoms with van der Waals surface area (Å²) in [6.45, 7) is 8.20. The number of benzene rings is 1. The van der Waals surface area contributed by atoms with Crippen molar-refractivity contribution in [3.8, 4) is 11.5 Å². The highest BCUT2D eigenvalue weighted by Gasteiger charge is 2.25. The Morgan fingerprint density at radius 2 is 2.19 bits per heavy atom. The summed E-state index contributed by atoms with van der Waals surface area (Å²) < 4.78 is 5.53. The van der Waals surface area contributed by atoms with Gasteiger partial charge in [-0.05, 0) is 17.5 Å². The van der Waals surface area contributed by atoms with Gasteiger partial charge in [-0.2, -0.15) is 0 Å². The minimum atomic E-state index is 0.245. The fourth-order valence-electron chi connectivity index (χ4n) is 1.80. The van der Waals surface area contributed by atoms with E-state index in [1.165, 1.54) is 0 Å². The van der Waals surface area contributed by atoms with Crippen LogP contribution in [0.2, 0.25) is 0 Å². The van der Waals surface area contributed by atoms with Gasteiger partial charge in [0.25, 0.3) is 0 Å². The summed E-state index contributed by atoms with van der Waals surface area (Å²) in [5.41, 5.74) is 1.40. The third kappa shape index (κ3) is 2.47. The van der Waals surface area contributed by atoms with E-state index < -0.39 is 0 Å². The summed E-state index contributed by atoms with van der Waals surface area (Å²) in [5, 5.41) is 12.8. The molecule has 0 saturated heterocycles. The molecule has 1 aliphatic rings. The number of hydrogen-bond donors (Lipinski definition) is 2. The van der Waals surface area contributed by atoms with Gasteiger partial charge < -0.3 is 15.2 Å². The number of hydrogen-bond acceptors (Lipinski definition) is 3. The predicted molar refractivity (Wildman–Crippen MR) is 63.8 cm³/mol. The van der Waals surface area contributed by atoms with Gasteiger partial charge in [0.15, 0.2) is 0 Å².